The molecule has 150 valence electrons. The molecule has 0 spiro atoms. The molecule has 2 aromatic heterocycles. The molecule has 1 fully saturated rings. The summed E-state index contributed by atoms with van der Waals surface area (Å²) in [6.45, 7) is 5.44. The fourth-order valence-corrected chi connectivity index (χ4v) is 5.12. The van der Waals surface area contributed by atoms with Crippen molar-refractivity contribution in [3.63, 3.8) is 0 Å². The molecule has 10 heteroatoms. The minimum absolute atomic E-state index is 0.00615. The minimum atomic E-state index is -3.21. The average molecular weight is 422 g/mol. The molecule has 0 radical (unpaired) electrons. The molecule has 1 atom stereocenters. The van der Waals surface area contributed by atoms with Gasteiger partial charge in [0.2, 0.25) is 15.0 Å². The molecule has 8 nitrogen and oxygen atoms in total. The largest absolute Gasteiger partial charge is 0.486 e. The first-order valence-electron chi connectivity index (χ1n) is 9.18. The number of rotatable bonds is 5. The van der Waals surface area contributed by atoms with Gasteiger partial charge in [0.25, 0.3) is 0 Å². The number of piperidine rings is 1. The van der Waals surface area contributed by atoms with Crippen LogP contribution in [0.5, 0.6) is 5.75 Å². The fraction of sp³-hybridized carbons (Fsp3) is 0.500. The number of hydrogen-bond acceptors (Lipinski definition) is 7. The third-order valence-corrected chi connectivity index (χ3v) is 7.32. The standard InChI is InChI=1S/C18H23N5O3S2/c1-12-6-4-8-15(13(12)2)26-11-16-21-23-17(19-20-18(23)27-16)14-7-5-9-22(10-14)28(3,24)25/h4,6,8,14H,5,7,9-11H2,1-3H3. The summed E-state index contributed by atoms with van der Waals surface area (Å²) in [7, 11) is -3.21. The molecule has 1 aliphatic heterocycles. The van der Waals surface area contributed by atoms with Crippen molar-refractivity contribution < 1.29 is 13.2 Å². The maximum Gasteiger partial charge on any atom is 0.234 e. The van der Waals surface area contributed by atoms with Gasteiger partial charge in [-0.15, -0.1) is 10.2 Å². The molecule has 1 saturated heterocycles. The van der Waals surface area contributed by atoms with E-state index in [0.29, 0.717) is 24.7 Å². The molecule has 3 heterocycles. The third-order valence-electron chi connectivity index (χ3n) is 5.18. The van der Waals surface area contributed by atoms with Crippen molar-refractivity contribution in [1.29, 1.82) is 0 Å². The quantitative estimate of drug-likeness (QED) is 0.629. The predicted octanol–water partition coefficient (Wildman–Crippen LogP) is 2.52. The zero-order chi connectivity index (χ0) is 19.9. The minimum Gasteiger partial charge on any atom is -0.486 e. The Morgan fingerprint density at radius 1 is 1.29 bits per heavy atom. The molecule has 1 unspecified atom stereocenters. The number of fused-ring (bicyclic) bond motifs is 1. The van der Waals surface area contributed by atoms with E-state index in [-0.39, 0.29) is 5.92 Å². The van der Waals surface area contributed by atoms with Gasteiger partial charge < -0.3 is 4.74 Å². The van der Waals surface area contributed by atoms with Crippen LogP contribution in [0.4, 0.5) is 0 Å². The van der Waals surface area contributed by atoms with E-state index in [1.807, 2.05) is 19.1 Å². The van der Waals surface area contributed by atoms with Crippen LogP contribution in [-0.2, 0) is 16.6 Å². The Labute approximate surface area is 168 Å². The number of aromatic nitrogens is 4. The average Bonchev–Trinajstić information content (AvgIpc) is 3.22. The topological polar surface area (TPSA) is 89.7 Å². The number of ether oxygens (including phenoxy) is 1. The lowest BCUT2D eigenvalue weighted by atomic mass is 9.99. The smallest absolute Gasteiger partial charge is 0.234 e. The van der Waals surface area contributed by atoms with Gasteiger partial charge in [-0.25, -0.2) is 12.7 Å². The van der Waals surface area contributed by atoms with Crippen LogP contribution in [0.3, 0.4) is 0 Å². The first-order valence-corrected chi connectivity index (χ1v) is 11.8. The van der Waals surface area contributed by atoms with Gasteiger partial charge in [0.05, 0.1) is 6.26 Å². The van der Waals surface area contributed by atoms with Crippen molar-refractivity contribution in [2.75, 3.05) is 19.3 Å². The van der Waals surface area contributed by atoms with Crippen LogP contribution in [-0.4, -0.2) is 51.9 Å². The van der Waals surface area contributed by atoms with Crippen molar-refractivity contribution in [2.45, 2.75) is 39.2 Å². The summed E-state index contributed by atoms with van der Waals surface area (Å²) in [5.74, 6) is 1.56. The van der Waals surface area contributed by atoms with Crippen LogP contribution >= 0.6 is 11.3 Å². The van der Waals surface area contributed by atoms with E-state index in [4.69, 9.17) is 4.74 Å². The highest BCUT2D eigenvalue weighted by molar-refractivity contribution is 7.88. The zero-order valence-electron chi connectivity index (χ0n) is 16.1. The summed E-state index contributed by atoms with van der Waals surface area (Å²) in [6.07, 6.45) is 2.93. The highest BCUT2D eigenvalue weighted by Crippen LogP contribution is 2.29. The Kier molecular flexibility index (Phi) is 5.11. The highest BCUT2D eigenvalue weighted by Gasteiger charge is 2.30. The lowest BCUT2D eigenvalue weighted by molar-refractivity contribution is 0.299. The summed E-state index contributed by atoms with van der Waals surface area (Å²) in [5.41, 5.74) is 2.31. The van der Waals surface area contributed by atoms with E-state index >= 15 is 0 Å². The van der Waals surface area contributed by atoms with Gasteiger partial charge in [-0.05, 0) is 43.9 Å². The number of aryl methyl sites for hydroxylation is 1. The number of hydrogen-bond donors (Lipinski definition) is 0. The molecular weight excluding hydrogens is 398 g/mol. The summed E-state index contributed by atoms with van der Waals surface area (Å²) in [6, 6.07) is 5.99. The van der Waals surface area contributed by atoms with Crippen molar-refractivity contribution in [2.24, 2.45) is 0 Å². The molecule has 3 aromatic rings. The van der Waals surface area contributed by atoms with Crippen LogP contribution < -0.4 is 4.74 Å². The van der Waals surface area contributed by atoms with Crippen molar-refractivity contribution in [3.8, 4) is 5.75 Å². The summed E-state index contributed by atoms with van der Waals surface area (Å²) in [4.78, 5) is 0.700. The molecule has 1 aliphatic rings. The summed E-state index contributed by atoms with van der Waals surface area (Å²) in [5, 5.41) is 13.9. The normalized spacial score (nSPS) is 18.6. The van der Waals surface area contributed by atoms with Crippen molar-refractivity contribution >= 4 is 26.3 Å². The van der Waals surface area contributed by atoms with E-state index in [2.05, 4.69) is 28.3 Å². The van der Waals surface area contributed by atoms with Crippen LogP contribution in [0.25, 0.3) is 4.96 Å². The molecular formula is C18H23N5O3S2. The van der Waals surface area contributed by atoms with Gasteiger partial charge in [0.1, 0.15) is 12.4 Å². The Hall–Kier alpha value is -2.04. The van der Waals surface area contributed by atoms with Gasteiger partial charge in [-0.2, -0.15) is 9.61 Å². The molecule has 0 saturated carbocycles. The van der Waals surface area contributed by atoms with Gasteiger partial charge in [0, 0.05) is 19.0 Å². The van der Waals surface area contributed by atoms with E-state index in [1.165, 1.54) is 27.5 Å². The Morgan fingerprint density at radius 2 is 2.11 bits per heavy atom. The van der Waals surface area contributed by atoms with E-state index in [0.717, 1.165) is 35.0 Å². The summed E-state index contributed by atoms with van der Waals surface area (Å²) >= 11 is 1.44. The monoisotopic (exact) mass is 421 g/mol. The second-order valence-electron chi connectivity index (χ2n) is 7.20. The Morgan fingerprint density at radius 3 is 2.89 bits per heavy atom. The second kappa shape index (κ2) is 7.41. The highest BCUT2D eigenvalue weighted by atomic mass is 32.2. The summed E-state index contributed by atoms with van der Waals surface area (Å²) < 4.78 is 33.0. The molecule has 0 aliphatic carbocycles. The molecule has 28 heavy (non-hydrogen) atoms. The molecule has 0 amide bonds. The van der Waals surface area contributed by atoms with Crippen LogP contribution in [0.15, 0.2) is 18.2 Å². The Balaban J connectivity index is 1.53. The molecule has 1 aromatic carbocycles. The number of nitrogens with zero attached hydrogens (tertiary/aromatic N) is 5. The van der Waals surface area contributed by atoms with Gasteiger partial charge >= 0.3 is 0 Å². The van der Waals surface area contributed by atoms with Crippen LogP contribution in [0, 0.1) is 13.8 Å². The molecule has 4 rings (SSSR count). The second-order valence-corrected chi connectivity index (χ2v) is 10.2. The van der Waals surface area contributed by atoms with Crippen LogP contribution in [0.1, 0.15) is 40.7 Å². The van der Waals surface area contributed by atoms with E-state index in [1.54, 1.807) is 4.52 Å². The van der Waals surface area contributed by atoms with Crippen molar-refractivity contribution in [1.82, 2.24) is 24.1 Å². The first kappa shape index (κ1) is 19.3. The van der Waals surface area contributed by atoms with E-state index < -0.39 is 10.0 Å². The van der Waals surface area contributed by atoms with Gasteiger partial charge in [-0.1, -0.05) is 23.5 Å². The van der Waals surface area contributed by atoms with Gasteiger partial charge in [-0.3, -0.25) is 0 Å². The molecule has 0 N–H and O–H groups in total. The zero-order valence-corrected chi connectivity index (χ0v) is 17.8. The molecule has 0 bridgehead atoms. The lowest BCUT2D eigenvalue weighted by Gasteiger charge is -2.29. The predicted molar refractivity (Wildman–Crippen MR) is 107 cm³/mol. The van der Waals surface area contributed by atoms with Crippen molar-refractivity contribution in [3.05, 3.63) is 40.2 Å². The lowest BCUT2D eigenvalue weighted by Crippen LogP contribution is -2.38. The number of benzene rings is 1. The third kappa shape index (κ3) is 3.76. The van der Waals surface area contributed by atoms with Gasteiger partial charge in [0.15, 0.2) is 10.8 Å². The van der Waals surface area contributed by atoms with E-state index in [9.17, 15) is 8.42 Å². The fourth-order valence-electron chi connectivity index (χ4n) is 3.46. The Bertz CT molecular complexity index is 1110. The number of sulfonamides is 1. The first-order chi connectivity index (χ1) is 13.3. The maximum atomic E-state index is 11.9. The maximum absolute atomic E-state index is 11.9. The van der Waals surface area contributed by atoms with Crippen LogP contribution in [0.2, 0.25) is 0 Å². The SMILES string of the molecule is Cc1cccc(OCc2nn3c(C4CCCN(S(C)(=O)=O)C4)nnc3s2)c1C.